The van der Waals surface area contributed by atoms with E-state index < -0.39 is 0 Å². The molecule has 4 fully saturated rings. The van der Waals surface area contributed by atoms with Crippen LogP contribution in [0.3, 0.4) is 0 Å². The van der Waals surface area contributed by atoms with E-state index in [0.717, 1.165) is 44.2 Å². The zero-order chi connectivity index (χ0) is 18.5. The highest BCUT2D eigenvalue weighted by atomic mass is 16.6. The van der Waals surface area contributed by atoms with Crippen LogP contribution >= 0.6 is 0 Å². The van der Waals surface area contributed by atoms with Gasteiger partial charge in [-0.3, -0.25) is 9.59 Å². The molecule has 4 saturated carbocycles. The molecule has 0 aromatic carbocycles. The predicted molar refractivity (Wildman–Crippen MR) is 99.6 cm³/mol. The van der Waals surface area contributed by atoms with Crippen molar-refractivity contribution in [2.75, 3.05) is 13.2 Å². The Morgan fingerprint density at radius 2 is 1.92 bits per heavy atom. The average Bonchev–Trinajstić information content (AvgIpc) is 2.92. The van der Waals surface area contributed by atoms with E-state index in [-0.39, 0.29) is 16.7 Å². The molecule has 0 spiro atoms. The Kier molecular flexibility index (Phi) is 4.49. The number of hydrogen-bond acceptors (Lipinski definition) is 5. The molecular weight excluding hydrogens is 328 g/mol. The molecule has 6 atom stereocenters. The van der Waals surface area contributed by atoms with Crippen LogP contribution in [-0.2, 0) is 14.4 Å². The first-order chi connectivity index (χ1) is 12.4. The molecular formula is C21H32N2O3. The fourth-order valence-corrected chi connectivity index (χ4v) is 6.89. The van der Waals surface area contributed by atoms with E-state index in [1.54, 1.807) is 0 Å². The van der Waals surface area contributed by atoms with Crippen molar-refractivity contribution in [1.82, 2.24) is 0 Å². The number of nitrogens with zero attached hydrogens (tertiary/aromatic N) is 1. The van der Waals surface area contributed by atoms with Crippen molar-refractivity contribution in [2.45, 2.75) is 65.2 Å². The fourth-order valence-electron chi connectivity index (χ4n) is 6.89. The number of rotatable bonds is 3. The van der Waals surface area contributed by atoms with E-state index in [2.05, 4.69) is 19.0 Å². The van der Waals surface area contributed by atoms with Gasteiger partial charge in [-0.25, -0.2) is 0 Å². The number of carbonyl (C=O) groups is 2. The lowest BCUT2D eigenvalue weighted by atomic mass is 9.45. The Labute approximate surface area is 156 Å². The molecule has 4 aliphatic rings. The molecule has 4 rings (SSSR count). The Morgan fingerprint density at radius 3 is 2.69 bits per heavy atom. The lowest BCUT2D eigenvalue weighted by Gasteiger charge is -2.58. The van der Waals surface area contributed by atoms with Gasteiger partial charge in [-0.1, -0.05) is 19.0 Å². The molecule has 144 valence electrons. The maximum Gasteiger partial charge on any atom is 0.139 e. The highest BCUT2D eigenvalue weighted by Gasteiger charge is 2.62. The van der Waals surface area contributed by atoms with Gasteiger partial charge in [0.15, 0.2) is 0 Å². The van der Waals surface area contributed by atoms with Crippen molar-refractivity contribution in [3.63, 3.8) is 0 Å². The largest absolute Gasteiger partial charge is 0.395 e. The summed E-state index contributed by atoms with van der Waals surface area (Å²) in [6, 6.07) is 0. The van der Waals surface area contributed by atoms with Crippen LogP contribution in [0.2, 0.25) is 0 Å². The van der Waals surface area contributed by atoms with Crippen molar-refractivity contribution in [3.8, 4) is 0 Å². The van der Waals surface area contributed by atoms with E-state index in [0.29, 0.717) is 55.3 Å². The minimum absolute atomic E-state index is 0.0554. The maximum atomic E-state index is 13.1. The summed E-state index contributed by atoms with van der Waals surface area (Å²) in [7, 11) is 0. The van der Waals surface area contributed by atoms with Crippen molar-refractivity contribution in [2.24, 2.45) is 45.4 Å². The number of Topliss-reactive ketones (excluding diaryl/α,β-unsaturated/α-hetero) is 2. The third kappa shape index (κ3) is 2.57. The van der Waals surface area contributed by atoms with Crippen LogP contribution in [0.25, 0.3) is 0 Å². The Hall–Kier alpha value is -1.23. The summed E-state index contributed by atoms with van der Waals surface area (Å²) in [5, 5.41) is 4.25. The first kappa shape index (κ1) is 18.1. The lowest BCUT2D eigenvalue weighted by molar-refractivity contribution is -0.152. The summed E-state index contributed by atoms with van der Waals surface area (Å²) >= 11 is 0. The number of oxime groups is 1. The molecule has 0 aromatic heterocycles. The van der Waals surface area contributed by atoms with Crippen LogP contribution in [0.15, 0.2) is 5.16 Å². The summed E-state index contributed by atoms with van der Waals surface area (Å²) in [5.41, 5.74) is 6.37. The molecule has 0 amide bonds. The molecule has 0 bridgehead atoms. The highest BCUT2D eigenvalue weighted by Crippen LogP contribution is 2.64. The number of hydrogen-bond donors (Lipinski definition) is 1. The molecule has 26 heavy (non-hydrogen) atoms. The molecule has 5 heteroatoms. The Bertz CT molecular complexity index is 645. The van der Waals surface area contributed by atoms with Gasteiger partial charge in [0.25, 0.3) is 0 Å². The Morgan fingerprint density at radius 1 is 1.12 bits per heavy atom. The van der Waals surface area contributed by atoms with Crippen LogP contribution in [0.1, 0.15) is 65.2 Å². The number of nitrogens with two attached hydrogens (primary N) is 1. The van der Waals surface area contributed by atoms with Crippen LogP contribution in [-0.4, -0.2) is 30.4 Å². The first-order valence-electron chi connectivity index (χ1n) is 10.3. The van der Waals surface area contributed by atoms with Gasteiger partial charge in [-0.05, 0) is 61.7 Å². The van der Waals surface area contributed by atoms with Gasteiger partial charge >= 0.3 is 0 Å². The molecule has 4 aliphatic carbocycles. The summed E-state index contributed by atoms with van der Waals surface area (Å²) in [6.07, 6.45) is 7.13. The minimum Gasteiger partial charge on any atom is -0.395 e. The zero-order valence-electron chi connectivity index (χ0n) is 16.1. The van der Waals surface area contributed by atoms with Crippen molar-refractivity contribution >= 4 is 17.3 Å². The maximum absolute atomic E-state index is 13.1. The SMILES string of the molecule is C[C@]12CCC3C(CC(=O)[C@H]4CC(=NOCCN)CC[C@]34C)C1CCC2=O. The molecule has 3 unspecified atom stereocenters. The smallest absolute Gasteiger partial charge is 0.139 e. The van der Waals surface area contributed by atoms with Gasteiger partial charge in [0.05, 0.1) is 5.71 Å². The monoisotopic (exact) mass is 360 g/mol. The standard InChI is InChI=1S/C21H32N2O3/c1-20-7-5-13(23-26-10-9-22)11-17(20)18(24)12-14-15-3-4-19(25)21(15,2)8-6-16(14)20/h14-17H,3-12,22H2,1-2H3/t14?,15?,16?,17-,20-,21+/m1/s1. The number of ketones is 2. The van der Waals surface area contributed by atoms with Crippen molar-refractivity contribution in [1.29, 1.82) is 0 Å². The molecule has 0 aromatic rings. The van der Waals surface area contributed by atoms with Gasteiger partial charge in [-0.2, -0.15) is 0 Å². The van der Waals surface area contributed by atoms with Gasteiger partial charge in [0.2, 0.25) is 0 Å². The van der Waals surface area contributed by atoms with Crippen molar-refractivity contribution in [3.05, 3.63) is 0 Å². The zero-order valence-corrected chi connectivity index (χ0v) is 16.1. The molecule has 0 heterocycles. The van der Waals surface area contributed by atoms with E-state index in [9.17, 15) is 9.59 Å². The highest BCUT2D eigenvalue weighted by molar-refractivity contribution is 5.93. The average molecular weight is 360 g/mol. The molecule has 5 nitrogen and oxygen atoms in total. The third-order valence-corrected chi connectivity index (χ3v) is 8.41. The van der Waals surface area contributed by atoms with E-state index in [4.69, 9.17) is 10.6 Å². The fraction of sp³-hybridized carbons (Fsp3) is 0.857. The Balaban J connectivity index is 1.57. The molecule has 0 saturated heterocycles. The van der Waals surface area contributed by atoms with E-state index in [1.165, 1.54) is 0 Å². The second-order valence-corrected chi connectivity index (χ2v) is 9.51. The molecule has 0 aliphatic heterocycles. The van der Waals surface area contributed by atoms with Gasteiger partial charge < -0.3 is 10.6 Å². The predicted octanol–water partition coefficient (Wildman–Crippen LogP) is 3.11. The molecule has 2 N–H and O–H groups in total. The van der Waals surface area contributed by atoms with Gasteiger partial charge in [0.1, 0.15) is 18.2 Å². The first-order valence-corrected chi connectivity index (χ1v) is 10.3. The van der Waals surface area contributed by atoms with Crippen LogP contribution in [0.5, 0.6) is 0 Å². The summed E-state index contributed by atoms with van der Waals surface area (Å²) < 4.78 is 0. The van der Waals surface area contributed by atoms with Crippen molar-refractivity contribution < 1.29 is 14.4 Å². The normalized spacial score (nSPS) is 46.7. The number of carbonyl (C=O) groups excluding carboxylic acids is 2. The quantitative estimate of drug-likeness (QED) is 0.619. The topological polar surface area (TPSA) is 81.8 Å². The van der Waals surface area contributed by atoms with Crippen LogP contribution in [0, 0.1) is 34.5 Å². The summed E-state index contributed by atoms with van der Waals surface area (Å²) in [6.45, 7) is 5.39. The molecule has 0 radical (unpaired) electrons. The van der Waals surface area contributed by atoms with Crippen LogP contribution < -0.4 is 5.73 Å². The van der Waals surface area contributed by atoms with Crippen LogP contribution in [0.4, 0.5) is 0 Å². The third-order valence-electron chi connectivity index (χ3n) is 8.41. The minimum atomic E-state index is -0.165. The van der Waals surface area contributed by atoms with Gasteiger partial charge in [-0.15, -0.1) is 0 Å². The summed E-state index contributed by atoms with van der Waals surface area (Å²) in [4.78, 5) is 30.9. The second-order valence-electron chi connectivity index (χ2n) is 9.51. The lowest BCUT2D eigenvalue weighted by Crippen LogP contribution is -2.56. The number of fused-ring (bicyclic) bond motifs is 5. The van der Waals surface area contributed by atoms with E-state index in [1.807, 2.05) is 0 Å². The summed E-state index contributed by atoms with van der Waals surface area (Å²) in [5.74, 6) is 2.29. The van der Waals surface area contributed by atoms with Gasteiger partial charge in [0, 0.05) is 30.7 Å². The van der Waals surface area contributed by atoms with E-state index >= 15 is 0 Å². The second kappa shape index (κ2) is 6.43.